The van der Waals surface area contributed by atoms with Gasteiger partial charge in [0.15, 0.2) is 0 Å². The summed E-state index contributed by atoms with van der Waals surface area (Å²) in [6.07, 6.45) is 1.40. The average Bonchev–Trinajstić information content (AvgIpc) is 2.47. The summed E-state index contributed by atoms with van der Waals surface area (Å²) in [4.78, 5) is 0.282. The van der Waals surface area contributed by atoms with E-state index in [-0.39, 0.29) is 10.6 Å². The third-order valence-electron chi connectivity index (χ3n) is 3.79. The van der Waals surface area contributed by atoms with Crippen molar-refractivity contribution in [2.45, 2.75) is 24.7 Å². The minimum atomic E-state index is -3.59. The first-order valence-electron chi connectivity index (χ1n) is 6.90. The van der Waals surface area contributed by atoms with Crippen LogP contribution in [0.4, 0.5) is 5.69 Å². The Bertz CT molecular complexity index is 767. The number of aryl methyl sites for hydroxylation is 1. The number of nitrogens with zero attached hydrogens (tertiary/aromatic N) is 1. The molecular formula is C16H17NO3S. The van der Waals surface area contributed by atoms with E-state index in [1.807, 2.05) is 6.92 Å². The van der Waals surface area contributed by atoms with E-state index in [0.29, 0.717) is 30.6 Å². The number of phenolic OH excluding ortho intramolecular Hbond substituents is 1. The van der Waals surface area contributed by atoms with E-state index < -0.39 is 10.0 Å². The van der Waals surface area contributed by atoms with E-state index in [9.17, 15) is 13.5 Å². The maximum atomic E-state index is 12.8. The van der Waals surface area contributed by atoms with Gasteiger partial charge in [-0.05, 0) is 44.0 Å². The lowest BCUT2D eigenvalue weighted by molar-refractivity contribution is 0.466. The molecule has 1 N–H and O–H groups in total. The third kappa shape index (κ3) is 2.38. The van der Waals surface area contributed by atoms with Gasteiger partial charge in [0, 0.05) is 12.1 Å². The van der Waals surface area contributed by atoms with Crippen LogP contribution in [-0.4, -0.2) is 20.1 Å². The second-order valence-electron chi connectivity index (χ2n) is 5.27. The number of phenols is 1. The molecule has 4 nitrogen and oxygen atoms in total. The third-order valence-corrected chi connectivity index (χ3v) is 5.62. The highest BCUT2D eigenvalue weighted by Crippen LogP contribution is 2.36. The molecule has 0 radical (unpaired) electrons. The summed E-state index contributed by atoms with van der Waals surface area (Å²) in [5.74, 6) is 0.163. The fourth-order valence-corrected chi connectivity index (χ4v) is 4.19. The van der Waals surface area contributed by atoms with Gasteiger partial charge in [-0.1, -0.05) is 23.8 Å². The van der Waals surface area contributed by atoms with Gasteiger partial charge in [0.1, 0.15) is 5.75 Å². The van der Waals surface area contributed by atoms with E-state index in [2.05, 4.69) is 0 Å². The van der Waals surface area contributed by atoms with Crippen molar-refractivity contribution in [1.82, 2.24) is 0 Å². The quantitative estimate of drug-likeness (QED) is 0.928. The van der Waals surface area contributed by atoms with Crippen LogP contribution in [0.2, 0.25) is 0 Å². The van der Waals surface area contributed by atoms with E-state index in [4.69, 9.17) is 0 Å². The molecule has 0 aliphatic carbocycles. The minimum Gasteiger partial charge on any atom is -0.508 e. The molecule has 1 heterocycles. The SMILES string of the molecule is Cc1ccc(S(=O)(=O)N2CCCc3c(O)cccc32)cc1. The molecule has 1 aliphatic rings. The van der Waals surface area contributed by atoms with Crippen molar-refractivity contribution in [3.05, 3.63) is 53.6 Å². The molecule has 1 aliphatic heterocycles. The molecule has 0 unspecified atom stereocenters. The van der Waals surface area contributed by atoms with Gasteiger partial charge in [-0.3, -0.25) is 4.31 Å². The van der Waals surface area contributed by atoms with E-state index in [0.717, 1.165) is 5.56 Å². The lowest BCUT2D eigenvalue weighted by Gasteiger charge is -2.30. The first-order chi connectivity index (χ1) is 10.00. The number of hydrogen-bond donors (Lipinski definition) is 1. The highest BCUT2D eigenvalue weighted by atomic mass is 32.2. The summed E-state index contributed by atoms with van der Waals surface area (Å²) >= 11 is 0. The molecule has 2 aromatic carbocycles. The van der Waals surface area contributed by atoms with Crippen LogP contribution in [0, 0.1) is 6.92 Å². The monoisotopic (exact) mass is 303 g/mol. The molecule has 21 heavy (non-hydrogen) atoms. The normalized spacial score (nSPS) is 14.8. The summed E-state index contributed by atoms with van der Waals surface area (Å²) in [7, 11) is -3.59. The largest absolute Gasteiger partial charge is 0.508 e. The van der Waals surface area contributed by atoms with E-state index >= 15 is 0 Å². The maximum absolute atomic E-state index is 12.8. The van der Waals surface area contributed by atoms with Gasteiger partial charge in [0.2, 0.25) is 0 Å². The predicted octanol–water partition coefficient (Wildman–Crippen LogP) is 2.84. The van der Waals surface area contributed by atoms with Crippen LogP contribution < -0.4 is 4.31 Å². The number of anilines is 1. The molecule has 0 atom stereocenters. The van der Waals surface area contributed by atoms with Crippen LogP contribution in [0.5, 0.6) is 5.75 Å². The van der Waals surface area contributed by atoms with E-state index in [1.165, 1.54) is 4.31 Å². The van der Waals surface area contributed by atoms with Gasteiger partial charge in [-0.15, -0.1) is 0 Å². The number of rotatable bonds is 2. The van der Waals surface area contributed by atoms with Gasteiger partial charge >= 0.3 is 0 Å². The molecule has 0 fully saturated rings. The summed E-state index contributed by atoms with van der Waals surface area (Å²) in [6.45, 7) is 2.36. The summed E-state index contributed by atoms with van der Waals surface area (Å²) in [6, 6.07) is 11.9. The Balaban J connectivity index is 2.10. The Kier molecular flexibility index (Phi) is 3.37. The minimum absolute atomic E-state index is 0.163. The summed E-state index contributed by atoms with van der Waals surface area (Å²) in [5, 5.41) is 9.93. The molecule has 0 aromatic heterocycles. The fraction of sp³-hybridized carbons (Fsp3) is 0.250. The van der Waals surface area contributed by atoms with Gasteiger partial charge in [-0.25, -0.2) is 8.42 Å². The van der Waals surface area contributed by atoms with Crippen molar-refractivity contribution >= 4 is 15.7 Å². The zero-order valence-electron chi connectivity index (χ0n) is 11.8. The molecule has 2 aromatic rings. The van der Waals surface area contributed by atoms with Gasteiger partial charge in [0.05, 0.1) is 10.6 Å². The van der Waals surface area contributed by atoms with Crippen molar-refractivity contribution in [1.29, 1.82) is 0 Å². The first-order valence-corrected chi connectivity index (χ1v) is 8.34. The van der Waals surface area contributed by atoms with Crippen LogP contribution in [0.25, 0.3) is 0 Å². The molecule has 5 heteroatoms. The van der Waals surface area contributed by atoms with Gasteiger partial charge < -0.3 is 5.11 Å². The van der Waals surface area contributed by atoms with Crippen LogP contribution in [0.3, 0.4) is 0 Å². The molecular weight excluding hydrogens is 286 g/mol. The van der Waals surface area contributed by atoms with Crippen molar-refractivity contribution in [3.8, 4) is 5.75 Å². The zero-order valence-corrected chi connectivity index (χ0v) is 12.6. The van der Waals surface area contributed by atoms with Crippen LogP contribution in [0.1, 0.15) is 17.5 Å². The Morgan fingerprint density at radius 1 is 1.10 bits per heavy atom. The number of fused-ring (bicyclic) bond motifs is 1. The van der Waals surface area contributed by atoms with Gasteiger partial charge in [0.25, 0.3) is 10.0 Å². The number of aromatic hydroxyl groups is 1. The molecule has 110 valence electrons. The topological polar surface area (TPSA) is 57.6 Å². The van der Waals surface area contributed by atoms with Crippen molar-refractivity contribution in [2.24, 2.45) is 0 Å². The second kappa shape index (κ2) is 5.07. The van der Waals surface area contributed by atoms with Crippen LogP contribution in [0.15, 0.2) is 47.4 Å². The highest BCUT2D eigenvalue weighted by molar-refractivity contribution is 7.92. The standard InChI is InChI=1S/C16H17NO3S/c1-12-7-9-13(10-8-12)21(19,20)17-11-3-4-14-15(17)5-2-6-16(14)18/h2,5-10,18H,3-4,11H2,1H3. The van der Waals surface area contributed by atoms with Crippen molar-refractivity contribution in [2.75, 3.05) is 10.8 Å². The average molecular weight is 303 g/mol. The number of hydrogen-bond acceptors (Lipinski definition) is 3. The molecule has 0 amide bonds. The second-order valence-corrected chi connectivity index (χ2v) is 7.13. The lowest BCUT2D eigenvalue weighted by Crippen LogP contribution is -2.35. The zero-order chi connectivity index (χ0) is 15.0. The lowest BCUT2D eigenvalue weighted by atomic mass is 10.0. The molecule has 0 saturated heterocycles. The smallest absolute Gasteiger partial charge is 0.264 e. The van der Waals surface area contributed by atoms with Gasteiger partial charge in [-0.2, -0.15) is 0 Å². The Labute approximate surface area is 124 Å². The summed E-state index contributed by atoms with van der Waals surface area (Å²) in [5.41, 5.74) is 2.31. The Morgan fingerprint density at radius 3 is 2.52 bits per heavy atom. The highest BCUT2D eigenvalue weighted by Gasteiger charge is 2.29. The van der Waals surface area contributed by atoms with Crippen LogP contribution >= 0.6 is 0 Å². The Morgan fingerprint density at radius 2 is 1.81 bits per heavy atom. The van der Waals surface area contributed by atoms with Crippen LogP contribution in [-0.2, 0) is 16.4 Å². The molecule has 0 saturated carbocycles. The maximum Gasteiger partial charge on any atom is 0.264 e. The first kappa shape index (κ1) is 13.9. The molecule has 0 spiro atoms. The Hall–Kier alpha value is -2.01. The van der Waals surface area contributed by atoms with E-state index in [1.54, 1.807) is 42.5 Å². The summed E-state index contributed by atoms with van der Waals surface area (Å²) < 4.78 is 27.0. The van der Waals surface area contributed by atoms with Crippen molar-refractivity contribution < 1.29 is 13.5 Å². The number of sulfonamides is 1. The molecule has 3 rings (SSSR count). The molecule has 0 bridgehead atoms. The number of benzene rings is 2. The van der Waals surface area contributed by atoms with Crippen molar-refractivity contribution in [3.63, 3.8) is 0 Å². The fourth-order valence-electron chi connectivity index (χ4n) is 2.66. The predicted molar refractivity (Wildman–Crippen MR) is 82.1 cm³/mol.